The molecule has 1 atom stereocenters. The molecule has 0 saturated heterocycles. The minimum Gasteiger partial charge on any atom is -0.370 e. The van der Waals surface area contributed by atoms with Gasteiger partial charge in [-0.15, -0.1) is 0 Å². The molecule has 0 aliphatic carbocycles. The summed E-state index contributed by atoms with van der Waals surface area (Å²) in [7, 11) is 0. The standard InChI is InChI=1S/C17H26O2/c1-4-5-6-7-8-13-19-15(3)17(18)16-11-9-14(2)10-12-16/h9-12,15H,4-8,13H2,1-3H3. The van der Waals surface area contributed by atoms with Gasteiger partial charge in [0.15, 0.2) is 5.78 Å². The number of carbonyl (C=O) groups is 1. The van der Waals surface area contributed by atoms with Crippen LogP contribution in [-0.2, 0) is 4.74 Å². The summed E-state index contributed by atoms with van der Waals surface area (Å²) in [4.78, 5) is 12.1. The van der Waals surface area contributed by atoms with Crippen molar-refractivity contribution in [2.24, 2.45) is 0 Å². The highest BCUT2D eigenvalue weighted by Gasteiger charge is 2.14. The molecule has 0 spiro atoms. The molecule has 1 aromatic carbocycles. The van der Waals surface area contributed by atoms with Crippen LogP contribution in [0.15, 0.2) is 24.3 Å². The maximum atomic E-state index is 12.1. The van der Waals surface area contributed by atoms with E-state index in [0.717, 1.165) is 12.0 Å². The Hall–Kier alpha value is -1.15. The zero-order chi connectivity index (χ0) is 14.1. The van der Waals surface area contributed by atoms with Crippen LogP contribution in [0, 0.1) is 6.92 Å². The zero-order valence-corrected chi connectivity index (χ0v) is 12.4. The molecule has 2 nitrogen and oxygen atoms in total. The van der Waals surface area contributed by atoms with Gasteiger partial charge in [0.1, 0.15) is 6.10 Å². The first-order chi connectivity index (χ1) is 9.15. The summed E-state index contributed by atoms with van der Waals surface area (Å²) in [5, 5.41) is 0. The lowest BCUT2D eigenvalue weighted by molar-refractivity contribution is 0.0464. The van der Waals surface area contributed by atoms with E-state index in [1.165, 1.54) is 31.2 Å². The Labute approximate surface area is 117 Å². The summed E-state index contributed by atoms with van der Waals surface area (Å²) in [5.41, 5.74) is 1.91. The molecule has 106 valence electrons. The topological polar surface area (TPSA) is 26.3 Å². The first-order valence-electron chi connectivity index (χ1n) is 7.37. The molecule has 0 aliphatic heterocycles. The van der Waals surface area contributed by atoms with Crippen molar-refractivity contribution in [3.05, 3.63) is 35.4 Å². The predicted octanol–water partition coefficient (Wildman–Crippen LogP) is 4.55. The van der Waals surface area contributed by atoms with Crippen molar-refractivity contribution in [2.75, 3.05) is 6.61 Å². The molecule has 0 N–H and O–H groups in total. The van der Waals surface area contributed by atoms with E-state index >= 15 is 0 Å². The van der Waals surface area contributed by atoms with E-state index in [1.54, 1.807) is 0 Å². The number of Topliss-reactive ketones (excluding diaryl/α,β-unsaturated/α-hetero) is 1. The predicted molar refractivity (Wildman–Crippen MR) is 79.7 cm³/mol. The SMILES string of the molecule is CCCCCCCOC(C)C(=O)c1ccc(C)cc1. The Morgan fingerprint density at radius 2 is 1.74 bits per heavy atom. The van der Waals surface area contributed by atoms with E-state index in [9.17, 15) is 4.79 Å². The number of benzene rings is 1. The van der Waals surface area contributed by atoms with Crippen molar-refractivity contribution >= 4 is 5.78 Å². The van der Waals surface area contributed by atoms with Crippen LogP contribution in [0.1, 0.15) is 61.9 Å². The van der Waals surface area contributed by atoms with Crippen LogP contribution in [0.3, 0.4) is 0 Å². The minimum atomic E-state index is -0.339. The fourth-order valence-corrected chi connectivity index (χ4v) is 1.99. The lowest BCUT2D eigenvalue weighted by atomic mass is 10.1. The number of ketones is 1. The number of carbonyl (C=O) groups excluding carboxylic acids is 1. The minimum absolute atomic E-state index is 0.0774. The van der Waals surface area contributed by atoms with Gasteiger partial charge in [0.05, 0.1) is 0 Å². The Morgan fingerprint density at radius 3 is 2.37 bits per heavy atom. The molecule has 1 aromatic rings. The van der Waals surface area contributed by atoms with Crippen LogP contribution < -0.4 is 0 Å². The van der Waals surface area contributed by atoms with E-state index in [0.29, 0.717) is 6.61 Å². The molecular weight excluding hydrogens is 236 g/mol. The molecule has 2 heteroatoms. The molecule has 0 fully saturated rings. The molecule has 0 amide bonds. The van der Waals surface area contributed by atoms with Gasteiger partial charge < -0.3 is 4.74 Å². The highest BCUT2D eigenvalue weighted by Crippen LogP contribution is 2.09. The zero-order valence-electron chi connectivity index (χ0n) is 12.4. The van der Waals surface area contributed by atoms with Gasteiger partial charge in [-0.2, -0.15) is 0 Å². The highest BCUT2D eigenvalue weighted by atomic mass is 16.5. The Morgan fingerprint density at radius 1 is 1.11 bits per heavy atom. The van der Waals surface area contributed by atoms with Crippen molar-refractivity contribution in [2.45, 2.75) is 59.0 Å². The average molecular weight is 262 g/mol. The summed E-state index contributed by atoms with van der Waals surface area (Å²) >= 11 is 0. The maximum Gasteiger partial charge on any atom is 0.191 e. The average Bonchev–Trinajstić information content (AvgIpc) is 2.42. The van der Waals surface area contributed by atoms with Crippen molar-refractivity contribution in [1.82, 2.24) is 0 Å². The molecule has 0 aromatic heterocycles. The van der Waals surface area contributed by atoms with Gasteiger partial charge in [0, 0.05) is 12.2 Å². The number of aryl methyl sites for hydroxylation is 1. The second kappa shape index (κ2) is 8.87. The molecular formula is C17H26O2. The Bertz CT molecular complexity index is 367. The van der Waals surface area contributed by atoms with E-state index in [2.05, 4.69) is 6.92 Å². The van der Waals surface area contributed by atoms with Crippen LogP contribution in [0.2, 0.25) is 0 Å². The van der Waals surface area contributed by atoms with Crippen LogP contribution in [0.4, 0.5) is 0 Å². The third kappa shape index (κ3) is 6.02. The van der Waals surface area contributed by atoms with Crippen molar-refractivity contribution in [3.63, 3.8) is 0 Å². The second-order valence-electron chi connectivity index (χ2n) is 5.16. The van der Waals surface area contributed by atoms with Gasteiger partial charge in [-0.3, -0.25) is 4.79 Å². The van der Waals surface area contributed by atoms with Crippen LogP contribution in [-0.4, -0.2) is 18.5 Å². The van der Waals surface area contributed by atoms with Crippen LogP contribution in [0.5, 0.6) is 0 Å². The fraction of sp³-hybridized carbons (Fsp3) is 0.588. The molecule has 0 saturated carbocycles. The normalized spacial score (nSPS) is 12.4. The number of rotatable bonds is 9. The lowest BCUT2D eigenvalue weighted by Gasteiger charge is -2.12. The smallest absolute Gasteiger partial charge is 0.191 e. The molecule has 0 aliphatic rings. The van der Waals surface area contributed by atoms with E-state index in [-0.39, 0.29) is 11.9 Å². The van der Waals surface area contributed by atoms with E-state index in [4.69, 9.17) is 4.74 Å². The monoisotopic (exact) mass is 262 g/mol. The van der Waals surface area contributed by atoms with Gasteiger partial charge in [-0.25, -0.2) is 0 Å². The summed E-state index contributed by atoms with van der Waals surface area (Å²) in [6.07, 6.45) is 5.71. The van der Waals surface area contributed by atoms with Crippen molar-refractivity contribution in [3.8, 4) is 0 Å². The van der Waals surface area contributed by atoms with Gasteiger partial charge in [0.2, 0.25) is 0 Å². The maximum absolute atomic E-state index is 12.1. The molecule has 19 heavy (non-hydrogen) atoms. The van der Waals surface area contributed by atoms with E-state index in [1.807, 2.05) is 38.1 Å². The van der Waals surface area contributed by atoms with Gasteiger partial charge in [0.25, 0.3) is 0 Å². The quantitative estimate of drug-likeness (QED) is 0.482. The van der Waals surface area contributed by atoms with Gasteiger partial charge >= 0.3 is 0 Å². The Kier molecular flexibility index (Phi) is 7.42. The largest absolute Gasteiger partial charge is 0.370 e. The molecule has 1 unspecified atom stereocenters. The fourth-order valence-electron chi connectivity index (χ4n) is 1.99. The molecule has 1 rings (SSSR count). The van der Waals surface area contributed by atoms with Crippen molar-refractivity contribution in [1.29, 1.82) is 0 Å². The number of hydrogen-bond donors (Lipinski definition) is 0. The third-order valence-corrected chi connectivity index (χ3v) is 3.32. The van der Waals surface area contributed by atoms with Crippen LogP contribution in [0.25, 0.3) is 0 Å². The third-order valence-electron chi connectivity index (χ3n) is 3.32. The first kappa shape index (κ1) is 15.9. The van der Waals surface area contributed by atoms with Gasteiger partial charge in [-0.05, 0) is 20.3 Å². The summed E-state index contributed by atoms with van der Waals surface area (Å²) in [6, 6.07) is 7.67. The van der Waals surface area contributed by atoms with Gasteiger partial charge in [-0.1, -0.05) is 62.4 Å². The van der Waals surface area contributed by atoms with Crippen LogP contribution >= 0.6 is 0 Å². The molecule has 0 radical (unpaired) electrons. The number of hydrogen-bond acceptors (Lipinski definition) is 2. The summed E-state index contributed by atoms with van der Waals surface area (Å²) in [5.74, 6) is 0.0774. The molecule has 0 bridgehead atoms. The highest BCUT2D eigenvalue weighted by molar-refractivity contribution is 5.99. The van der Waals surface area contributed by atoms with Crippen molar-refractivity contribution < 1.29 is 9.53 Å². The number of ether oxygens (including phenoxy) is 1. The first-order valence-corrected chi connectivity index (χ1v) is 7.37. The lowest BCUT2D eigenvalue weighted by Crippen LogP contribution is -2.21. The Balaban J connectivity index is 2.27. The van der Waals surface area contributed by atoms with E-state index < -0.39 is 0 Å². The summed E-state index contributed by atoms with van der Waals surface area (Å²) in [6.45, 7) is 6.75. The number of unbranched alkanes of at least 4 members (excludes halogenated alkanes) is 4. The molecule has 0 heterocycles. The summed E-state index contributed by atoms with van der Waals surface area (Å²) < 4.78 is 5.62. The second-order valence-corrected chi connectivity index (χ2v) is 5.16.